The van der Waals surface area contributed by atoms with Gasteiger partial charge in [0.1, 0.15) is 0 Å². The number of likely N-dealkylation sites (tertiary alicyclic amines) is 1. The Balaban J connectivity index is 1.71. The summed E-state index contributed by atoms with van der Waals surface area (Å²) in [6.45, 7) is 4.55. The van der Waals surface area contributed by atoms with Crippen LogP contribution in [0.1, 0.15) is 11.5 Å². The third-order valence-electron chi connectivity index (χ3n) is 3.11. The molecule has 1 fully saturated rings. The van der Waals surface area contributed by atoms with Gasteiger partial charge in [0.05, 0.1) is 6.54 Å². The van der Waals surface area contributed by atoms with Crippen molar-refractivity contribution in [1.82, 2.24) is 15.1 Å². The van der Waals surface area contributed by atoms with E-state index in [-0.39, 0.29) is 0 Å². The van der Waals surface area contributed by atoms with Crippen molar-refractivity contribution >= 4 is 0 Å². The average Bonchev–Trinajstić information content (AvgIpc) is 2.77. The van der Waals surface area contributed by atoms with Crippen LogP contribution in [0.15, 0.2) is 28.7 Å². The van der Waals surface area contributed by atoms with Crippen LogP contribution in [0.4, 0.5) is 0 Å². The zero-order chi connectivity index (χ0) is 12.5. The van der Waals surface area contributed by atoms with E-state index < -0.39 is 0 Å². The molecule has 5 heteroatoms. The van der Waals surface area contributed by atoms with Gasteiger partial charge in [-0.3, -0.25) is 4.90 Å². The number of nitrogens with zero attached hydrogens (tertiary/aromatic N) is 3. The zero-order valence-electron chi connectivity index (χ0n) is 10.3. The van der Waals surface area contributed by atoms with Crippen LogP contribution in [0.25, 0.3) is 11.5 Å². The second kappa shape index (κ2) is 4.51. The molecule has 18 heavy (non-hydrogen) atoms. The van der Waals surface area contributed by atoms with Gasteiger partial charge in [0, 0.05) is 24.7 Å². The molecule has 0 atom stereocenters. The summed E-state index contributed by atoms with van der Waals surface area (Å²) in [4.78, 5) is 2.19. The van der Waals surface area contributed by atoms with Gasteiger partial charge in [-0.25, -0.2) is 0 Å². The highest BCUT2D eigenvalue weighted by Crippen LogP contribution is 2.19. The quantitative estimate of drug-likeness (QED) is 0.878. The number of benzene rings is 1. The molecule has 2 aromatic rings. The van der Waals surface area contributed by atoms with Crippen molar-refractivity contribution in [2.45, 2.75) is 19.5 Å². The number of hydrogen-bond acceptors (Lipinski definition) is 5. The van der Waals surface area contributed by atoms with Gasteiger partial charge in [-0.2, -0.15) is 0 Å². The Morgan fingerprint density at radius 1 is 1.28 bits per heavy atom. The lowest BCUT2D eigenvalue weighted by Crippen LogP contribution is -2.54. The van der Waals surface area contributed by atoms with Crippen LogP contribution < -0.4 is 5.73 Å². The molecule has 1 aromatic heterocycles. The minimum absolute atomic E-state index is 0.296. The van der Waals surface area contributed by atoms with E-state index in [9.17, 15) is 0 Å². The molecule has 1 aliphatic heterocycles. The first-order valence-corrected chi connectivity index (χ1v) is 6.08. The third-order valence-corrected chi connectivity index (χ3v) is 3.11. The minimum Gasteiger partial charge on any atom is -0.419 e. The lowest BCUT2D eigenvalue weighted by atomic mass is 10.1. The fourth-order valence-electron chi connectivity index (χ4n) is 2.06. The molecule has 5 nitrogen and oxygen atoms in total. The Labute approximate surface area is 106 Å². The SMILES string of the molecule is Cc1ccc(-c2nnc(CN3CC(N)C3)o2)cc1. The lowest BCUT2D eigenvalue weighted by Gasteiger charge is -2.35. The molecule has 0 unspecified atom stereocenters. The van der Waals surface area contributed by atoms with Crippen LogP contribution in [0.2, 0.25) is 0 Å². The predicted molar refractivity (Wildman–Crippen MR) is 67.7 cm³/mol. The van der Waals surface area contributed by atoms with Crippen LogP contribution in [0.5, 0.6) is 0 Å². The summed E-state index contributed by atoms with van der Waals surface area (Å²) in [5.74, 6) is 1.23. The predicted octanol–water partition coefficient (Wildman–Crippen LogP) is 1.19. The number of nitrogens with two attached hydrogens (primary N) is 1. The average molecular weight is 244 g/mol. The van der Waals surface area contributed by atoms with Crippen molar-refractivity contribution in [3.05, 3.63) is 35.7 Å². The van der Waals surface area contributed by atoms with Gasteiger partial charge in [-0.1, -0.05) is 17.7 Å². The van der Waals surface area contributed by atoms with Crippen LogP contribution in [0, 0.1) is 6.92 Å². The van der Waals surface area contributed by atoms with Crippen molar-refractivity contribution < 1.29 is 4.42 Å². The van der Waals surface area contributed by atoms with Crippen LogP contribution in [-0.4, -0.2) is 34.2 Å². The van der Waals surface area contributed by atoms with E-state index in [2.05, 4.69) is 22.0 Å². The van der Waals surface area contributed by atoms with Crippen molar-refractivity contribution in [2.24, 2.45) is 5.73 Å². The molecular formula is C13H16N4O. The second-order valence-corrected chi connectivity index (χ2v) is 4.82. The standard InChI is InChI=1S/C13H16N4O/c1-9-2-4-10(5-3-9)13-16-15-12(18-13)8-17-6-11(14)7-17/h2-5,11H,6-8,14H2,1H3. The molecule has 1 aromatic carbocycles. The van der Waals surface area contributed by atoms with Crippen molar-refractivity contribution in [2.75, 3.05) is 13.1 Å². The zero-order valence-corrected chi connectivity index (χ0v) is 10.3. The molecule has 1 saturated heterocycles. The summed E-state index contributed by atoms with van der Waals surface area (Å²) in [7, 11) is 0. The molecule has 1 aliphatic rings. The van der Waals surface area contributed by atoms with Gasteiger partial charge in [-0.05, 0) is 19.1 Å². The van der Waals surface area contributed by atoms with E-state index in [4.69, 9.17) is 10.2 Å². The van der Waals surface area contributed by atoms with Gasteiger partial charge in [0.2, 0.25) is 11.8 Å². The van der Waals surface area contributed by atoms with Gasteiger partial charge in [0.25, 0.3) is 0 Å². The summed E-state index contributed by atoms with van der Waals surface area (Å²) >= 11 is 0. The molecular weight excluding hydrogens is 228 g/mol. The van der Waals surface area contributed by atoms with E-state index in [1.165, 1.54) is 5.56 Å². The largest absolute Gasteiger partial charge is 0.419 e. The Bertz CT molecular complexity index is 528. The summed E-state index contributed by atoms with van der Waals surface area (Å²) in [5.41, 5.74) is 7.90. The smallest absolute Gasteiger partial charge is 0.247 e. The van der Waals surface area contributed by atoms with Crippen molar-refractivity contribution in [3.8, 4) is 11.5 Å². The van der Waals surface area contributed by atoms with E-state index in [0.717, 1.165) is 18.7 Å². The number of aryl methyl sites for hydroxylation is 1. The summed E-state index contributed by atoms with van der Waals surface area (Å²) in [6.07, 6.45) is 0. The third kappa shape index (κ3) is 2.27. The second-order valence-electron chi connectivity index (χ2n) is 4.82. The molecule has 94 valence electrons. The lowest BCUT2D eigenvalue weighted by molar-refractivity contribution is 0.129. The maximum absolute atomic E-state index is 5.72. The first-order chi connectivity index (χ1) is 8.70. The molecule has 0 aliphatic carbocycles. The van der Waals surface area contributed by atoms with Crippen LogP contribution >= 0.6 is 0 Å². The molecule has 2 heterocycles. The van der Waals surface area contributed by atoms with Crippen LogP contribution in [0.3, 0.4) is 0 Å². The van der Waals surface area contributed by atoms with Gasteiger partial charge in [-0.15, -0.1) is 10.2 Å². The summed E-state index contributed by atoms with van der Waals surface area (Å²) in [6, 6.07) is 8.35. The van der Waals surface area contributed by atoms with E-state index in [1.54, 1.807) is 0 Å². The molecule has 0 saturated carbocycles. The Morgan fingerprint density at radius 3 is 2.67 bits per heavy atom. The molecule has 0 amide bonds. The molecule has 0 spiro atoms. The molecule has 0 radical (unpaired) electrons. The first-order valence-electron chi connectivity index (χ1n) is 6.08. The number of aromatic nitrogens is 2. The highest BCUT2D eigenvalue weighted by molar-refractivity contribution is 5.52. The van der Waals surface area contributed by atoms with Crippen molar-refractivity contribution in [1.29, 1.82) is 0 Å². The van der Waals surface area contributed by atoms with Crippen LogP contribution in [-0.2, 0) is 6.54 Å². The minimum atomic E-state index is 0.296. The Hall–Kier alpha value is -1.72. The molecule has 0 bridgehead atoms. The Morgan fingerprint density at radius 2 is 2.00 bits per heavy atom. The highest BCUT2D eigenvalue weighted by Gasteiger charge is 2.24. The number of hydrogen-bond donors (Lipinski definition) is 1. The molecule has 2 N–H and O–H groups in total. The molecule has 3 rings (SSSR count). The van der Waals surface area contributed by atoms with Gasteiger partial charge < -0.3 is 10.2 Å². The fourth-order valence-corrected chi connectivity index (χ4v) is 2.06. The van der Waals surface area contributed by atoms with E-state index in [1.807, 2.05) is 24.3 Å². The van der Waals surface area contributed by atoms with E-state index >= 15 is 0 Å². The van der Waals surface area contributed by atoms with Gasteiger partial charge in [0.15, 0.2) is 0 Å². The van der Waals surface area contributed by atoms with Crippen molar-refractivity contribution in [3.63, 3.8) is 0 Å². The Kier molecular flexibility index (Phi) is 2.85. The van der Waals surface area contributed by atoms with Gasteiger partial charge >= 0.3 is 0 Å². The highest BCUT2D eigenvalue weighted by atomic mass is 16.4. The fraction of sp³-hybridized carbons (Fsp3) is 0.385. The summed E-state index contributed by atoms with van der Waals surface area (Å²) < 4.78 is 5.65. The normalized spacial score (nSPS) is 16.8. The number of rotatable bonds is 3. The summed E-state index contributed by atoms with van der Waals surface area (Å²) in [5, 5.41) is 8.13. The maximum atomic E-state index is 5.72. The topological polar surface area (TPSA) is 68.2 Å². The van der Waals surface area contributed by atoms with E-state index in [0.29, 0.717) is 24.4 Å². The monoisotopic (exact) mass is 244 g/mol. The first kappa shape index (κ1) is 11.4. The maximum Gasteiger partial charge on any atom is 0.247 e.